The van der Waals surface area contributed by atoms with Crippen LogP contribution in [0.25, 0.3) is 0 Å². The van der Waals surface area contributed by atoms with E-state index in [1.54, 1.807) is 59.5 Å². The minimum Gasteiger partial charge on any atom is -0.472 e. The van der Waals surface area contributed by atoms with Gasteiger partial charge in [-0.25, -0.2) is 0 Å². The molecule has 0 atom stereocenters. The van der Waals surface area contributed by atoms with E-state index < -0.39 is 0 Å². The fourth-order valence-electron chi connectivity index (χ4n) is 3.63. The number of benzene rings is 2. The Morgan fingerprint density at radius 3 is 2.26 bits per heavy atom. The molecular weight excluding hydrogens is 394 g/mol. The highest BCUT2D eigenvalue weighted by molar-refractivity contribution is 6.09. The molecule has 4 rings (SSSR count). The summed E-state index contributed by atoms with van der Waals surface area (Å²) < 4.78 is 4.98. The van der Waals surface area contributed by atoms with Crippen LogP contribution in [-0.2, 0) is 0 Å². The molecule has 0 saturated carbocycles. The molecule has 2 aromatic carbocycles. The monoisotopic (exact) mass is 417 g/mol. The van der Waals surface area contributed by atoms with E-state index in [-0.39, 0.29) is 23.8 Å². The molecule has 2 heterocycles. The lowest BCUT2D eigenvalue weighted by molar-refractivity contribution is 0.0697. The Bertz CT molecular complexity index is 1060. The van der Waals surface area contributed by atoms with Crippen LogP contribution in [0.3, 0.4) is 0 Å². The van der Waals surface area contributed by atoms with E-state index in [1.165, 1.54) is 12.5 Å². The van der Waals surface area contributed by atoms with Gasteiger partial charge in [0.2, 0.25) is 0 Å². The molecular formula is C24H23N3O4. The highest BCUT2D eigenvalue weighted by Gasteiger charge is 2.26. The molecule has 3 amide bonds. The molecule has 1 fully saturated rings. The molecule has 1 aliphatic rings. The number of anilines is 1. The Balaban J connectivity index is 1.36. The van der Waals surface area contributed by atoms with Crippen molar-refractivity contribution in [1.82, 2.24) is 10.2 Å². The second kappa shape index (κ2) is 9.30. The maximum Gasteiger partial charge on any atom is 0.257 e. The van der Waals surface area contributed by atoms with E-state index in [1.807, 2.05) is 6.07 Å². The molecule has 0 bridgehead atoms. The molecule has 0 unspecified atom stereocenters. The van der Waals surface area contributed by atoms with Crippen LogP contribution in [0.4, 0.5) is 5.69 Å². The average Bonchev–Trinajstić information content (AvgIpc) is 3.35. The topological polar surface area (TPSA) is 91.7 Å². The number of carbonyl (C=O) groups excluding carboxylic acids is 3. The summed E-state index contributed by atoms with van der Waals surface area (Å²) in [4.78, 5) is 39.6. The first-order valence-electron chi connectivity index (χ1n) is 10.2. The zero-order chi connectivity index (χ0) is 21.6. The molecule has 1 aliphatic heterocycles. The predicted octanol–water partition coefficient (Wildman–Crippen LogP) is 3.57. The van der Waals surface area contributed by atoms with Crippen LogP contribution in [0.15, 0.2) is 77.6 Å². The van der Waals surface area contributed by atoms with Crippen molar-refractivity contribution in [2.45, 2.75) is 18.9 Å². The summed E-state index contributed by atoms with van der Waals surface area (Å²) >= 11 is 0. The summed E-state index contributed by atoms with van der Waals surface area (Å²) in [5.74, 6) is -0.581. The first kappa shape index (κ1) is 20.4. The van der Waals surface area contributed by atoms with Crippen LogP contribution in [0.1, 0.15) is 43.9 Å². The predicted molar refractivity (Wildman–Crippen MR) is 116 cm³/mol. The van der Waals surface area contributed by atoms with Crippen molar-refractivity contribution in [3.63, 3.8) is 0 Å². The minimum atomic E-state index is -0.271. The van der Waals surface area contributed by atoms with Crippen molar-refractivity contribution in [2.24, 2.45) is 0 Å². The number of furan rings is 1. The summed E-state index contributed by atoms with van der Waals surface area (Å²) in [5.41, 5.74) is 1.92. The molecule has 3 aromatic rings. The van der Waals surface area contributed by atoms with Crippen LogP contribution in [0.5, 0.6) is 0 Å². The lowest BCUT2D eigenvalue weighted by Gasteiger charge is -2.32. The number of nitrogens with zero attached hydrogens (tertiary/aromatic N) is 1. The second-order valence-electron chi connectivity index (χ2n) is 7.42. The molecule has 0 aliphatic carbocycles. The van der Waals surface area contributed by atoms with Crippen molar-refractivity contribution in [2.75, 3.05) is 18.4 Å². The Morgan fingerprint density at radius 1 is 0.839 bits per heavy atom. The highest BCUT2D eigenvalue weighted by atomic mass is 16.3. The molecule has 1 saturated heterocycles. The van der Waals surface area contributed by atoms with Crippen LogP contribution in [0, 0.1) is 0 Å². The number of nitrogens with one attached hydrogen (secondary N) is 2. The highest BCUT2D eigenvalue weighted by Crippen LogP contribution is 2.19. The number of amides is 3. The van der Waals surface area contributed by atoms with Gasteiger partial charge < -0.3 is 20.0 Å². The average molecular weight is 417 g/mol. The Hall–Kier alpha value is -3.87. The Morgan fingerprint density at radius 2 is 1.55 bits per heavy atom. The minimum absolute atomic E-state index is 0.0428. The summed E-state index contributed by atoms with van der Waals surface area (Å²) in [6.07, 6.45) is 4.24. The quantitative estimate of drug-likeness (QED) is 0.664. The Kier molecular flexibility index (Phi) is 6.12. The van der Waals surface area contributed by atoms with Crippen LogP contribution in [0.2, 0.25) is 0 Å². The molecule has 31 heavy (non-hydrogen) atoms. The van der Waals surface area contributed by atoms with E-state index in [0.717, 1.165) is 0 Å². The number of piperidine rings is 1. The molecule has 7 heteroatoms. The molecule has 0 spiro atoms. The lowest BCUT2D eigenvalue weighted by Crippen LogP contribution is -2.46. The fourth-order valence-corrected chi connectivity index (χ4v) is 3.63. The lowest BCUT2D eigenvalue weighted by atomic mass is 10.0. The number of hydrogen-bond donors (Lipinski definition) is 2. The Labute approximate surface area is 180 Å². The van der Waals surface area contributed by atoms with Crippen molar-refractivity contribution >= 4 is 23.4 Å². The van der Waals surface area contributed by atoms with E-state index in [9.17, 15) is 14.4 Å². The van der Waals surface area contributed by atoms with Gasteiger partial charge >= 0.3 is 0 Å². The van der Waals surface area contributed by atoms with Gasteiger partial charge in [0.15, 0.2) is 0 Å². The summed E-state index contributed by atoms with van der Waals surface area (Å²) in [6.45, 7) is 1.11. The number of rotatable bonds is 5. The maximum atomic E-state index is 12.9. The first-order chi connectivity index (χ1) is 15.1. The van der Waals surface area contributed by atoms with Crippen molar-refractivity contribution in [3.05, 3.63) is 89.9 Å². The molecule has 0 radical (unpaired) electrons. The fraction of sp³-hybridized carbons (Fsp3) is 0.208. The van der Waals surface area contributed by atoms with Gasteiger partial charge in [-0.3, -0.25) is 14.4 Å². The third-order valence-electron chi connectivity index (χ3n) is 5.34. The number of likely N-dealkylation sites (tertiary alicyclic amines) is 1. The van der Waals surface area contributed by atoms with Gasteiger partial charge in [0.25, 0.3) is 17.7 Å². The van der Waals surface area contributed by atoms with E-state index in [4.69, 9.17) is 4.42 Å². The third kappa shape index (κ3) is 4.83. The van der Waals surface area contributed by atoms with Gasteiger partial charge in [-0.15, -0.1) is 0 Å². The molecule has 158 valence electrons. The first-order valence-corrected chi connectivity index (χ1v) is 10.2. The zero-order valence-corrected chi connectivity index (χ0v) is 16.9. The SMILES string of the molecule is O=C(Nc1ccccc1C(=O)NC1CCN(C(=O)c2ccoc2)CC1)c1ccccc1. The van der Waals surface area contributed by atoms with Gasteiger partial charge in [0.05, 0.1) is 23.1 Å². The second-order valence-corrected chi connectivity index (χ2v) is 7.42. The molecule has 7 nitrogen and oxygen atoms in total. The smallest absolute Gasteiger partial charge is 0.257 e. The van der Waals surface area contributed by atoms with Gasteiger partial charge in [-0.1, -0.05) is 30.3 Å². The third-order valence-corrected chi connectivity index (χ3v) is 5.34. The van der Waals surface area contributed by atoms with E-state index in [0.29, 0.717) is 48.3 Å². The van der Waals surface area contributed by atoms with Gasteiger partial charge in [-0.05, 0) is 43.2 Å². The molecule has 1 aromatic heterocycles. The van der Waals surface area contributed by atoms with E-state index in [2.05, 4.69) is 10.6 Å². The summed E-state index contributed by atoms with van der Waals surface area (Å²) in [6, 6.07) is 17.4. The summed E-state index contributed by atoms with van der Waals surface area (Å²) in [7, 11) is 0. The summed E-state index contributed by atoms with van der Waals surface area (Å²) in [5, 5.41) is 5.86. The normalized spacial score (nSPS) is 14.1. The van der Waals surface area contributed by atoms with Crippen LogP contribution in [-0.4, -0.2) is 41.8 Å². The number of para-hydroxylation sites is 1. The van der Waals surface area contributed by atoms with Crippen LogP contribution < -0.4 is 10.6 Å². The van der Waals surface area contributed by atoms with Gasteiger partial charge in [0.1, 0.15) is 6.26 Å². The largest absolute Gasteiger partial charge is 0.472 e. The van der Waals surface area contributed by atoms with Crippen molar-refractivity contribution < 1.29 is 18.8 Å². The number of carbonyl (C=O) groups is 3. The van der Waals surface area contributed by atoms with E-state index >= 15 is 0 Å². The standard InChI is InChI=1S/C24H23N3O4/c28-22(17-6-2-1-3-7-17)26-21-9-5-4-8-20(21)23(29)25-19-10-13-27(14-11-19)24(30)18-12-15-31-16-18/h1-9,12,15-16,19H,10-11,13-14H2,(H,25,29)(H,26,28). The van der Waals surface area contributed by atoms with Crippen LogP contribution >= 0.6 is 0 Å². The zero-order valence-electron chi connectivity index (χ0n) is 16.9. The van der Waals surface area contributed by atoms with Gasteiger partial charge in [-0.2, -0.15) is 0 Å². The van der Waals surface area contributed by atoms with Crippen molar-refractivity contribution in [1.29, 1.82) is 0 Å². The molecule has 2 N–H and O–H groups in total. The van der Waals surface area contributed by atoms with Crippen molar-refractivity contribution in [3.8, 4) is 0 Å². The maximum absolute atomic E-state index is 12.9. The number of hydrogen-bond acceptors (Lipinski definition) is 4. The van der Waals surface area contributed by atoms with Gasteiger partial charge in [0, 0.05) is 24.7 Å².